The lowest BCUT2D eigenvalue weighted by Gasteiger charge is -2.12. The highest BCUT2D eigenvalue weighted by molar-refractivity contribution is 4.96. The van der Waals surface area contributed by atoms with Crippen molar-refractivity contribution in [2.75, 3.05) is 0 Å². The molecule has 13 heavy (non-hydrogen) atoms. The molecule has 0 spiro atoms. The van der Waals surface area contributed by atoms with Gasteiger partial charge in [-0.1, -0.05) is 34.6 Å². The van der Waals surface area contributed by atoms with Gasteiger partial charge in [0.25, 0.3) is 0 Å². The molecule has 0 aliphatic carbocycles. The Balaban J connectivity index is 0.000000671. The molecule has 0 bridgehead atoms. The molecule has 0 saturated heterocycles. The Kier molecular flexibility index (Phi) is 6.11. The van der Waals surface area contributed by atoms with E-state index in [2.05, 4.69) is 30.7 Å². The van der Waals surface area contributed by atoms with Gasteiger partial charge < -0.3 is 0 Å². The highest BCUT2D eigenvalue weighted by Gasteiger charge is 2.11. The largest absolute Gasteiger partial charge is 0.241 e. The van der Waals surface area contributed by atoms with Crippen LogP contribution in [0.3, 0.4) is 0 Å². The van der Waals surface area contributed by atoms with Crippen LogP contribution in [0.15, 0.2) is 18.5 Å². The van der Waals surface area contributed by atoms with Crippen LogP contribution in [0.5, 0.6) is 0 Å². The first-order valence-corrected chi connectivity index (χ1v) is 4.98. The van der Waals surface area contributed by atoms with Gasteiger partial charge >= 0.3 is 0 Å². The second kappa shape index (κ2) is 6.58. The number of rotatable bonds is 2. The lowest BCUT2D eigenvalue weighted by molar-refractivity contribution is 0.510. The van der Waals surface area contributed by atoms with Crippen molar-refractivity contribution in [3.05, 3.63) is 24.3 Å². The molecule has 0 saturated carbocycles. The number of nitrogens with zero attached hydrogens (tertiary/aromatic N) is 2. The minimum absolute atomic E-state index is 0.455. The van der Waals surface area contributed by atoms with Crippen molar-refractivity contribution < 1.29 is 0 Å². The second-order valence-electron chi connectivity index (χ2n) is 3.14. The van der Waals surface area contributed by atoms with Crippen molar-refractivity contribution in [1.82, 2.24) is 9.97 Å². The Hall–Kier alpha value is -0.920. The molecule has 0 aliphatic rings. The third kappa shape index (κ3) is 4.02. The van der Waals surface area contributed by atoms with Crippen molar-refractivity contribution in [3.8, 4) is 0 Å². The lowest BCUT2D eigenvalue weighted by atomic mass is 9.97. The van der Waals surface area contributed by atoms with Crippen LogP contribution in [0.25, 0.3) is 0 Å². The Labute approximate surface area is 81.4 Å². The third-order valence-corrected chi connectivity index (χ3v) is 1.99. The number of hydrogen-bond acceptors (Lipinski definition) is 2. The zero-order valence-corrected chi connectivity index (χ0v) is 9.28. The van der Waals surface area contributed by atoms with Gasteiger partial charge in [0.1, 0.15) is 5.82 Å². The Morgan fingerprint density at radius 2 is 1.46 bits per heavy atom. The van der Waals surface area contributed by atoms with Crippen LogP contribution >= 0.6 is 0 Å². The van der Waals surface area contributed by atoms with Crippen molar-refractivity contribution in [1.29, 1.82) is 0 Å². The summed E-state index contributed by atoms with van der Waals surface area (Å²) in [7, 11) is 0. The maximum Gasteiger partial charge on any atom is 0.131 e. The summed E-state index contributed by atoms with van der Waals surface area (Å²) < 4.78 is 0. The maximum absolute atomic E-state index is 4.19. The van der Waals surface area contributed by atoms with Gasteiger partial charge in [-0.2, -0.15) is 0 Å². The number of hydrogen-bond donors (Lipinski definition) is 0. The number of aromatic nitrogens is 2. The smallest absolute Gasteiger partial charge is 0.131 e. The van der Waals surface area contributed by atoms with Crippen LogP contribution in [0.2, 0.25) is 0 Å². The highest BCUT2D eigenvalue weighted by Crippen LogP contribution is 2.18. The van der Waals surface area contributed by atoms with Crippen molar-refractivity contribution in [3.63, 3.8) is 0 Å². The molecule has 0 aromatic carbocycles. The molecule has 1 aromatic heterocycles. The van der Waals surface area contributed by atoms with Gasteiger partial charge in [-0.05, 0) is 12.0 Å². The van der Waals surface area contributed by atoms with Crippen molar-refractivity contribution in [2.24, 2.45) is 5.92 Å². The van der Waals surface area contributed by atoms with E-state index < -0.39 is 0 Å². The standard InChI is InChI=1S/C9H14N2.C2H6/c1-7(2)8(3)9-10-5-4-6-11-9;1-2/h4-8H,1-3H3;1-2H3. The van der Waals surface area contributed by atoms with Gasteiger partial charge in [-0.25, -0.2) is 9.97 Å². The monoisotopic (exact) mass is 180 g/mol. The molecule has 1 unspecified atom stereocenters. The van der Waals surface area contributed by atoms with Gasteiger partial charge in [0.15, 0.2) is 0 Å². The first kappa shape index (κ1) is 12.1. The van der Waals surface area contributed by atoms with Crippen LogP contribution in [0.1, 0.15) is 46.4 Å². The molecule has 1 rings (SSSR count). The summed E-state index contributed by atoms with van der Waals surface area (Å²) in [6.07, 6.45) is 3.59. The SMILES string of the molecule is CC.CC(C)C(C)c1ncccn1. The minimum atomic E-state index is 0.455. The predicted octanol–water partition coefficient (Wildman–Crippen LogP) is 3.26. The fourth-order valence-corrected chi connectivity index (χ4v) is 0.844. The molecular formula is C11H20N2. The van der Waals surface area contributed by atoms with Gasteiger partial charge in [-0.15, -0.1) is 0 Å². The first-order chi connectivity index (χ1) is 6.22. The van der Waals surface area contributed by atoms with Crippen LogP contribution < -0.4 is 0 Å². The molecule has 1 atom stereocenters. The predicted molar refractivity (Wildman–Crippen MR) is 56.6 cm³/mol. The van der Waals surface area contributed by atoms with Crippen LogP contribution in [0, 0.1) is 5.92 Å². The highest BCUT2D eigenvalue weighted by atomic mass is 14.9. The average Bonchev–Trinajstić information content (AvgIpc) is 2.21. The van der Waals surface area contributed by atoms with Gasteiger partial charge in [0, 0.05) is 18.3 Å². The summed E-state index contributed by atoms with van der Waals surface area (Å²) in [5, 5.41) is 0. The summed E-state index contributed by atoms with van der Waals surface area (Å²) in [6.45, 7) is 10.5. The van der Waals surface area contributed by atoms with Gasteiger partial charge in [0.05, 0.1) is 0 Å². The molecule has 1 heterocycles. The summed E-state index contributed by atoms with van der Waals surface area (Å²) >= 11 is 0. The molecule has 2 heteroatoms. The molecule has 1 aromatic rings. The normalized spacial score (nSPS) is 11.8. The van der Waals surface area contributed by atoms with E-state index in [1.54, 1.807) is 12.4 Å². The van der Waals surface area contributed by atoms with E-state index in [1.807, 2.05) is 19.9 Å². The maximum atomic E-state index is 4.19. The van der Waals surface area contributed by atoms with Crippen molar-refractivity contribution >= 4 is 0 Å². The van der Waals surface area contributed by atoms with Crippen molar-refractivity contribution in [2.45, 2.75) is 40.5 Å². The van der Waals surface area contributed by atoms with E-state index in [-0.39, 0.29) is 0 Å². The zero-order valence-electron chi connectivity index (χ0n) is 9.28. The van der Waals surface area contributed by atoms with E-state index in [0.29, 0.717) is 11.8 Å². The van der Waals surface area contributed by atoms with E-state index in [4.69, 9.17) is 0 Å². The molecular weight excluding hydrogens is 160 g/mol. The average molecular weight is 180 g/mol. The minimum Gasteiger partial charge on any atom is -0.241 e. The van der Waals surface area contributed by atoms with Gasteiger partial charge in [0.2, 0.25) is 0 Å². The molecule has 0 fully saturated rings. The summed E-state index contributed by atoms with van der Waals surface area (Å²) in [5.41, 5.74) is 0. The fourth-order valence-electron chi connectivity index (χ4n) is 0.844. The molecule has 2 nitrogen and oxygen atoms in total. The molecule has 0 aliphatic heterocycles. The van der Waals surface area contributed by atoms with Crippen LogP contribution in [-0.2, 0) is 0 Å². The fraction of sp³-hybridized carbons (Fsp3) is 0.636. The Morgan fingerprint density at radius 1 is 1.00 bits per heavy atom. The summed E-state index contributed by atoms with van der Waals surface area (Å²) in [4.78, 5) is 8.38. The molecule has 0 N–H and O–H groups in total. The molecule has 0 amide bonds. The Morgan fingerprint density at radius 3 is 1.85 bits per heavy atom. The zero-order chi connectivity index (χ0) is 10.3. The second-order valence-corrected chi connectivity index (χ2v) is 3.14. The summed E-state index contributed by atoms with van der Waals surface area (Å²) in [6, 6.07) is 1.84. The first-order valence-electron chi connectivity index (χ1n) is 4.98. The van der Waals surface area contributed by atoms with Crippen LogP contribution in [0.4, 0.5) is 0 Å². The van der Waals surface area contributed by atoms with E-state index in [1.165, 1.54) is 0 Å². The molecule has 0 radical (unpaired) electrons. The lowest BCUT2D eigenvalue weighted by Crippen LogP contribution is -2.05. The van der Waals surface area contributed by atoms with Crippen LogP contribution in [-0.4, -0.2) is 9.97 Å². The van der Waals surface area contributed by atoms with Gasteiger partial charge in [-0.3, -0.25) is 0 Å². The molecule has 74 valence electrons. The quantitative estimate of drug-likeness (QED) is 0.698. The van der Waals surface area contributed by atoms with E-state index >= 15 is 0 Å². The third-order valence-electron chi connectivity index (χ3n) is 1.99. The van der Waals surface area contributed by atoms with E-state index in [9.17, 15) is 0 Å². The Bertz CT molecular complexity index is 207. The van der Waals surface area contributed by atoms with E-state index in [0.717, 1.165) is 5.82 Å². The topological polar surface area (TPSA) is 25.8 Å². The summed E-state index contributed by atoms with van der Waals surface area (Å²) in [5.74, 6) is 2.01.